The number of carbonyl (C=O) groups is 1. The number of anilines is 1. The van der Waals surface area contributed by atoms with Crippen molar-refractivity contribution in [2.24, 2.45) is 7.05 Å². The summed E-state index contributed by atoms with van der Waals surface area (Å²) in [4.78, 5) is 19.5. The molecule has 0 bridgehead atoms. The lowest BCUT2D eigenvalue weighted by molar-refractivity contribution is 0.102. The minimum atomic E-state index is -0.109. The van der Waals surface area contributed by atoms with Crippen molar-refractivity contribution in [3.8, 4) is 0 Å². The molecule has 2 aromatic carbocycles. The van der Waals surface area contributed by atoms with E-state index in [0.29, 0.717) is 5.56 Å². The van der Waals surface area contributed by atoms with Crippen LogP contribution in [0.25, 0.3) is 11.0 Å². The molecule has 5 heteroatoms. The number of likely N-dealkylation sites (N-methyl/N-ethyl adjacent to an activating group) is 1. The first-order valence-corrected chi connectivity index (χ1v) is 9.16. The Bertz CT molecular complexity index is 882. The minimum absolute atomic E-state index is 0.109. The largest absolute Gasteiger partial charge is 0.331 e. The fourth-order valence-corrected chi connectivity index (χ4v) is 3.14. The van der Waals surface area contributed by atoms with E-state index in [1.165, 1.54) is 0 Å². The van der Waals surface area contributed by atoms with E-state index >= 15 is 0 Å². The van der Waals surface area contributed by atoms with Gasteiger partial charge in [0.2, 0.25) is 0 Å². The summed E-state index contributed by atoms with van der Waals surface area (Å²) in [6, 6.07) is 15.1. The Morgan fingerprint density at radius 1 is 1.12 bits per heavy atom. The van der Waals surface area contributed by atoms with Gasteiger partial charge >= 0.3 is 0 Å². The molecule has 1 heterocycles. The fourth-order valence-electron chi connectivity index (χ4n) is 3.14. The van der Waals surface area contributed by atoms with Crippen LogP contribution in [-0.4, -0.2) is 40.0 Å². The molecule has 1 aromatic heterocycles. The summed E-state index contributed by atoms with van der Waals surface area (Å²) in [5.74, 6) is 0.959. The van der Waals surface area contributed by atoms with Crippen LogP contribution >= 0.6 is 0 Å². The lowest BCUT2D eigenvalue weighted by Gasteiger charge is -2.17. The third kappa shape index (κ3) is 3.94. The van der Waals surface area contributed by atoms with Crippen molar-refractivity contribution in [3.05, 3.63) is 59.9 Å². The van der Waals surface area contributed by atoms with E-state index in [4.69, 9.17) is 4.98 Å². The zero-order valence-corrected chi connectivity index (χ0v) is 15.7. The zero-order chi connectivity index (χ0) is 18.5. The van der Waals surface area contributed by atoms with Crippen LogP contribution in [0, 0.1) is 0 Å². The Kier molecular flexibility index (Phi) is 5.68. The summed E-state index contributed by atoms with van der Waals surface area (Å²) in [6.07, 6.45) is 0.915. The van der Waals surface area contributed by atoms with Gasteiger partial charge in [0.05, 0.1) is 11.0 Å². The molecule has 0 aliphatic carbocycles. The fraction of sp³-hybridized carbons (Fsp3) is 0.333. The number of hydrogen-bond donors (Lipinski definition) is 1. The molecule has 5 nitrogen and oxygen atoms in total. The Labute approximate surface area is 154 Å². The van der Waals surface area contributed by atoms with Crippen LogP contribution in [0.5, 0.6) is 0 Å². The minimum Gasteiger partial charge on any atom is -0.331 e. The molecule has 0 saturated carbocycles. The van der Waals surface area contributed by atoms with E-state index in [9.17, 15) is 4.79 Å². The molecule has 0 aliphatic heterocycles. The van der Waals surface area contributed by atoms with Gasteiger partial charge in [-0.1, -0.05) is 32.0 Å². The lowest BCUT2D eigenvalue weighted by Crippen LogP contribution is -2.26. The number of rotatable bonds is 7. The van der Waals surface area contributed by atoms with Crippen molar-refractivity contribution in [1.82, 2.24) is 14.5 Å². The first-order valence-electron chi connectivity index (χ1n) is 9.16. The monoisotopic (exact) mass is 350 g/mol. The van der Waals surface area contributed by atoms with Gasteiger partial charge < -0.3 is 14.8 Å². The molecule has 0 unspecified atom stereocenters. The summed E-state index contributed by atoms with van der Waals surface area (Å²) in [5.41, 5.74) is 3.40. The van der Waals surface area contributed by atoms with Gasteiger partial charge in [-0.15, -0.1) is 0 Å². The normalized spacial score (nSPS) is 11.2. The van der Waals surface area contributed by atoms with E-state index < -0.39 is 0 Å². The number of carbonyl (C=O) groups excluding carboxylic acids is 1. The van der Waals surface area contributed by atoms with Gasteiger partial charge in [0, 0.05) is 31.3 Å². The molecule has 3 rings (SSSR count). The van der Waals surface area contributed by atoms with Crippen molar-refractivity contribution in [2.45, 2.75) is 20.3 Å². The molecule has 136 valence electrons. The van der Waals surface area contributed by atoms with Crippen LogP contribution in [0.3, 0.4) is 0 Å². The summed E-state index contributed by atoms with van der Waals surface area (Å²) in [5, 5.41) is 2.95. The lowest BCUT2D eigenvalue weighted by atomic mass is 10.2. The third-order valence-corrected chi connectivity index (χ3v) is 4.81. The van der Waals surface area contributed by atoms with E-state index in [1.54, 1.807) is 12.1 Å². The maximum atomic E-state index is 12.3. The number of benzene rings is 2. The van der Waals surface area contributed by atoms with E-state index in [0.717, 1.165) is 48.6 Å². The van der Waals surface area contributed by atoms with Crippen molar-refractivity contribution >= 4 is 22.6 Å². The van der Waals surface area contributed by atoms with Crippen LogP contribution in [-0.2, 0) is 13.5 Å². The molecule has 1 N–H and O–H groups in total. The number of hydrogen-bond acceptors (Lipinski definition) is 3. The topological polar surface area (TPSA) is 50.2 Å². The van der Waals surface area contributed by atoms with Crippen LogP contribution in [0.4, 0.5) is 5.69 Å². The molecule has 0 atom stereocenters. The Morgan fingerprint density at radius 2 is 1.85 bits per heavy atom. The Hall–Kier alpha value is -2.66. The Balaban J connectivity index is 1.77. The second-order valence-corrected chi connectivity index (χ2v) is 6.39. The molecule has 0 aliphatic rings. The smallest absolute Gasteiger partial charge is 0.255 e. The molecule has 0 saturated heterocycles. The molecular formula is C21H26N4O. The first kappa shape index (κ1) is 18.1. The summed E-state index contributed by atoms with van der Waals surface area (Å²) >= 11 is 0. The Morgan fingerprint density at radius 3 is 2.54 bits per heavy atom. The SMILES string of the molecule is CCN(CC)CCc1nc2cc(NC(=O)c3ccccc3)ccc2n1C. The number of imidazole rings is 1. The highest BCUT2D eigenvalue weighted by molar-refractivity contribution is 6.04. The van der Waals surface area contributed by atoms with E-state index in [1.807, 2.05) is 36.4 Å². The number of nitrogens with one attached hydrogen (secondary N) is 1. The molecule has 3 aromatic rings. The maximum absolute atomic E-state index is 12.3. The number of amides is 1. The summed E-state index contributed by atoms with van der Waals surface area (Å²) in [6.45, 7) is 7.47. The number of nitrogens with zero attached hydrogens (tertiary/aromatic N) is 3. The van der Waals surface area contributed by atoms with Gasteiger partial charge in [0.25, 0.3) is 5.91 Å². The molecule has 0 spiro atoms. The van der Waals surface area contributed by atoms with Gasteiger partial charge in [-0.3, -0.25) is 4.79 Å². The first-order chi connectivity index (χ1) is 12.6. The molecule has 1 amide bonds. The number of aromatic nitrogens is 2. The summed E-state index contributed by atoms with van der Waals surface area (Å²) < 4.78 is 2.14. The molecule has 0 fully saturated rings. The predicted octanol–water partition coefficient (Wildman–Crippen LogP) is 3.71. The van der Waals surface area contributed by atoms with Crippen LogP contribution < -0.4 is 5.32 Å². The standard InChI is InChI=1S/C21H26N4O/c1-4-25(5-2)14-13-20-23-18-15-17(11-12-19(18)24(20)3)22-21(26)16-9-7-6-8-10-16/h6-12,15H,4-5,13-14H2,1-3H3,(H,22,26). The second-order valence-electron chi connectivity index (χ2n) is 6.39. The highest BCUT2D eigenvalue weighted by Gasteiger charge is 2.11. The van der Waals surface area contributed by atoms with Crippen molar-refractivity contribution in [2.75, 3.05) is 25.0 Å². The van der Waals surface area contributed by atoms with Gasteiger partial charge in [-0.2, -0.15) is 0 Å². The van der Waals surface area contributed by atoms with Gasteiger partial charge in [0.15, 0.2) is 0 Å². The highest BCUT2D eigenvalue weighted by atomic mass is 16.1. The van der Waals surface area contributed by atoms with Crippen molar-refractivity contribution in [3.63, 3.8) is 0 Å². The van der Waals surface area contributed by atoms with Crippen LogP contribution in [0.15, 0.2) is 48.5 Å². The average molecular weight is 350 g/mol. The van der Waals surface area contributed by atoms with Gasteiger partial charge in [-0.05, 0) is 43.4 Å². The van der Waals surface area contributed by atoms with E-state index in [2.05, 4.69) is 35.7 Å². The zero-order valence-electron chi connectivity index (χ0n) is 15.7. The summed E-state index contributed by atoms with van der Waals surface area (Å²) in [7, 11) is 2.05. The second kappa shape index (κ2) is 8.15. The molecular weight excluding hydrogens is 324 g/mol. The quantitative estimate of drug-likeness (QED) is 0.707. The average Bonchev–Trinajstić information content (AvgIpc) is 2.98. The molecule has 0 radical (unpaired) electrons. The maximum Gasteiger partial charge on any atom is 0.255 e. The van der Waals surface area contributed by atoms with Crippen molar-refractivity contribution in [1.29, 1.82) is 0 Å². The van der Waals surface area contributed by atoms with Crippen LogP contribution in [0.1, 0.15) is 30.0 Å². The molecule has 26 heavy (non-hydrogen) atoms. The van der Waals surface area contributed by atoms with Gasteiger partial charge in [-0.25, -0.2) is 4.98 Å². The van der Waals surface area contributed by atoms with Gasteiger partial charge in [0.1, 0.15) is 5.82 Å². The highest BCUT2D eigenvalue weighted by Crippen LogP contribution is 2.20. The number of fused-ring (bicyclic) bond motifs is 1. The van der Waals surface area contributed by atoms with Crippen LogP contribution in [0.2, 0.25) is 0 Å². The van der Waals surface area contributed by atoms with Crippen molar-refractivity contribution < 1.29 is 4.79 Å². The third-order valence-electron chi connectivity index (χ3n) is 4.81. The van der Waals surface area contributed by atoms with E-state index in [-0.39, 0.29) is 5.91 Å². The number of aryl methyl sites for hydroxylation is 1. The predicted molar refractivity (Wildman–Crippen MR) is 107 cm³/mol.